The second-order valence-corrected chi connectivity index (χ2v) is 9.35. The zero-order valence-corrected chi connectivity index (χ0v) is 16.4. The Morgan fingerprint density at radius 3 is 1.93 bits per heavy atom. The average molecular weight is 402 g/mol. The maximum atomic E-state index is 12.9. The normalized spacial score (nSPS) is 12.1. The lowest BCUT2D eigenvalue weighted by Crippen LogP contribution is -2.16. The van der Waals surface area contributed by atoms with Gasteiger partial charge in [0.1, 0.15) is 4.90 Å². The van der Waals surface area contributed by atoms with E-state index < -0.39 is 20.2 Å². The molecule has 0 N–H and O–H groups in total. The third kappa shape index (κ3) is 4.10. The molecule has 0 amide bonds. The van der Waals surface area contributed by atoms with E-state index in [1.807, 2.05) is 6.07 Å². The van der Waals surface area contributed by atoms with Crippen molar-refractivity contribution in [3.63, 3.8) is 0 Å². The molecule has 0 saturated heterocycles. The van der Waals surface area contributed by atoms with Crippen LogP contribution in [0.25, 0.3) is 11.1 Å². The van der Waals surface area contributed by atoms with Crippen molar-refractivity contribution in [1.29, 1.82) is 0 Å². The Morgan fingerprint density at radius 1 is 0.667 bits per heavy atom. The molecular weight excluding hydrogens is 384 g/mol. The molecule has 0 aliphatic heterocycles. The molecule has 27 heavy (non-hydrogen) atoms. The van der Waals surface area contributed by atoms with E-state index in [0.29, 0.717) is 16.7 Å². The van der Waals surface area contributed by atoms with E-state index in [9.17, 15) is 16.8 Å². The van der Waals surface area contributed by atoms with Crippen LogP contribution in [0.3, 0.4) is 0 Å². The Hall–Kier alpha value is -2.48. The van der Waals surface area contributed by atoms with Crippen LogP contribution in [0, 0.1) is 13.8 Å². The fourth-order valence-electron chi connectivity index (χ4n) is 2.73. The molecule has 140 valence electrons. The summed E-state index contributed by atoms with van der Waals surface area (Å²) in [5.41, 5.74) is 2.28. The van der Waals surface area contributed by atoms with Crippen molar-refractivity contribution in [3.8, 4) is 11.1 Å². The molecule has 0 bridgehead atoms. The zero-order chi connectivity index (χ0) is 19.7. The molecule has 3 aromatic rings. The number of hydrogen-bond donors (Lipinski definition) is 0. The van der Waals surface area contributed by atoms with Crippen molar-refractivity contribution in [3.05, 3.63) is 83.9 Å². The minimum Gasteiger partial charge on any atom is -0.193 e. The van der Waals surface area contributed by atoms with Gasteiger partial charge in [0.05, 0.1) is 4.90 Å². The van der Waals surface area contributed by atoms with Gasteiger partial charge in [-0.3, -0.25) is 0 Å². The largest absolute Gasteiger partial charge is 0.312 e. The fourth-order valence-corrected chi connectivity index (χ4v) is 5.64. The molecule has 0 unspecified atom stereocenters. The predicted octanol–water partition coefficient (Wildman–Crippen LogP) is 4.06. The van der Waals surface area contributed by atoms with Crippen molar-refractivity contribution in [2.45, 2.75) is 23.6 Å². The molecule has 5 nitrogen and oxygen atoms in total. The molecule has 0 saturated carbocycles. The lowest BCUT2D eigenvalue weighted by atomic mass is 10.0. The van der Waals surface area contributed by atoms with Crippen LogP contribution in [-0.2, 0) is 23.9 Å². The second kappa shape index (κ2) is 7.26. The van der Waals surface area contributed by atoms with Gasteiger partial charge in [0.25, 0.3) is 0 Å². The summed E-state index contributed by atoms with van der Waals surface area (Å²) < 4.78 is 55.5. The molecule has 0 spiro atoms. The highest BCUT2D eigenvalue weighted by molar-refractivity contribution is 8.00. The summed E-state index contributed by atoms with van der Waals surface area (Å²) >= 11 is 0. The summed E-state index contributed by atoms with van der Waals surface area (Å²) in [6.45, 7) is 3.40. The first-order chi connectivity index (χ1) is 12.7. The van der Waals surface area contributed by atoms with Crippen LogP contribution in [0.5, 0.6) is 0 Å². The first-order valence-corrected chi connectivity index (χ1v) is 11.0. The summed E-state index contributed by atoms with van der Waals surface area (Å²) in [5, 5.41) is 0. The third-order valence-corrected chi connectivity index (χ3v) is 7.36. The van der Waals surface area contributed by atoms with Crippen LogP contribution in [0.1, 0.15) is 11.1 Å². The van der Waals surface area contributed by atoms with Gasteiger partial charge in [0, 0.05) is 5.56 Å². The van der Waals surface area contributed by atoms with Gasteiger partial charge in [-0.25, -0.2) is 0 Å². The van der Waals surface area contributed by atoms with E-state index >= 15 is 0 Å². The van der Waals surface area contributed by atoms with Crippen LogP contribution >= 0.6 is 0 Å². The molecular formula is C20H18O5S2. The molecule has 3 aromatic carbocycles. The minimum atomic E-state index is -4.57. The summed E-state index contributed by atoms with van der Waals surface area (Å²) in [6, 6.07) is 19.6. The third-order valence-electron chi connectivity index (χ3n) is 4.04. The highest BCUT2D eigenvalue weighted by atomic mass is 32.3. The molecule has 0 aromatic heterocycles. The number of benzene rings is 3. The molecule has 0 aliphatic carbocycles. The van der Waals surface area contributed by atoms with Gasteiger partial charge < -0.3 is 0 Å². The highest BCUT2D eigenvalue weighted by Crippen LogP contribution is 2.32. The van der Waals surface area contributed by atoms with Crippen molar-refractivity contribution < 1.29 is 20.5 Å². The molecule has 7 heteroatoms. The average Bonchev–Trinajstić information content (AvgIpc) is 2.61. The smallest absolute Gasteiger partial charge is 0.193 e. The van der Waals surface area contributed by atoms with E-state index in [1.165, 1.54) is 12.1 Å². The van der Waals surface area contributed by atoms with Crippen LogP contribution in [0.15, 0.2) is 82.6 Å². The number of rotatable bonds is 5. The molecule has 0 aliphatic rings. The van der Waals surface area contributed by atoms with Gasteiger partial charge in [0.15, 0.2) is 0 Å². The summed E-state index contributed by atoms with van der Waals surface area (Å²) in [6.07, 6.45) is 0. The highest BCUT2D eigenvalue weighted by Gasteiger charge is 2.30. The van der Waals surface area contributed by atoms with Crippen molar-refractivity contribution in [2.75, 3.05) is 0 Å². The summed E-state index contributed by atoms with van der Waals surface area (Å²) in [4.78, 5) is -0.376. The topological polar surface area (TPSA) is 77.5 Å². The zero-order valence-electron chi connectivity index (χ0n) is 14.8. The molecule has 0 radical (unpaired) electrons. The van der Waals surface area contributed by atoms with Crippen LogP contribution in [-0.4, -0.2) is 16.8 Å². The lowest BCUT2D eigenvalue weighted by molar-refractivity contribution is 0.461. The standard InChI is InChI=1S/C20H18O5S2/c1-15-11-13-18(14-12-15)26(21,22)25-27(23,24)20-16(2)7-6-10-19(20)17-8-4-3-5-9-17/h3-14H,1-2H3. The first-order valence-electron chi connectivity index (χ1n) is 8.13. The number of aryl methyl sites for hydroxylation is 2. The van der Waals surface area contributed by atoms with Crippen molar-refractivity contribution >= 4 is 20.2 Å². The van der Waals surface area contributed by atoms with Crippen LogP contribution in [0.4, 0.5) is 0 Å². The maximum Gasteiger partial charge on any atom is 0.312 e. The molecule has 3 rings (SSSR count). The Labute approximate surface area is 159 Å². The van der Waals surface area contributed by atoms with E-state index in [0.717, 1.165) is 5.56 Å². The van der Waals surface area contributed by atoms with E-state index in [2.05, 4.69) is 0 Å². The first kappa shape index (κ1) is 19.3. The van der Waals surface area contributed by atoms with Crippen LogP contribution in [0.2, 0.25) is 0 Å². The SMILES string of the molecule is Cc1ccc(S(=O)(=O)OS(=O)(=O)c2c(C)cccc2-c2ccccc2)cc1. The second-order valence-electron chi connectivity index (χ2n) is 6.11. The van der Waals surface area contributed by atoms with Gasteiger partial charge in [-0.2, -0.15) is 16.8 Å². The van der Waals surface area contributed by atoms with Crippen molar-refractivity contribution in [1.82, 2.24) is 0 Å². The van der Waals surface area contributed by atoms with E-state index in [-0.39, 0.29) is 9.79 Å². The van der Waals surface area contributed by atoms with Crippen LogP contribution < -0.4 is 0 Å². The van der Waals surface area contributed by atoms with Gasteiger partial charge in [0.2, 0.25) is 0 Å². The van der Waals surface area contributed by atoms with Gasteiger partial charge >= 0.3 is 20.2 Å². The quantitative estimate of drug-likeness (QED) is 0.643. The van der Waals surface area contributed by atoms with Gasteiger partial charge in [-0.05, 0) is 37.1 Å². The summed E-state index contributed by atoms with van der Waals surface area (Å²) in [5.74, 6) is 0. The molecule has 0 atom stereocenters. The van der Waals surface area contributed by atoms with Gasteiger partial charge in [-0.1, -0.05) is 66.2 Å². The van der Waals surface area contributed by atoms with Crippen molar-refractivity contribution in [2.24, 2.45) is 0 Å². The Balaban J connectivity index is 2.10. The lowest BCUT2D eigenvalue weighted by Gasteiger charge is -2.13. The Kier molecular flexibility index (Phi) is 5.19. The fraction of sp³-hybridized carbons (Fsp3) is 0.100. The monoisotopic (exact) mass is 402 g/mol. The Bertz CT molecular complexity index is 1160. The number of hydrogen-bond acceptors (Lipinski definition) is 5. The van der Waals surface area contributed by atoms with Gasteiger partial charge in [-0.15, -0.1) is 3.63 Å². The molecule has 0 fully saturated rings. The van der Waals surface area contributed by atoms with E-state index in [4.69, 9.17) is 3.63 Å². The molecule has 0 heterocycles. The maximum absolute atomic E-state index is 12.9. The van der Waals surface area contributed by atoms with E-state index in [1.54, 1.807) is 68.4 Å². The Morgan fingerprint density at radius 2 is 1.30 bits per heavy atom. The predicted molar refractivity (Wildman–Crippen MR) is 103 cm³/mol. The minimum absolute atomic E-state index is 0.160. The summed E-state index contributed by atoms with van der Waals surface area (Å²) in [7, 11) is -9.06.